The molecule has 8 heteroatoms. The van der Waals surface area contributed by atoms with Gasteiger partial charge in [-0.05, 0) is 78.4 Å². The van der Waals surface area contributed by atoms with Crippen molar-refractivity contribution in [2.24, 2.45) is 5.73 Å². The number of nitrogens with zero attached hydrogens (tertiary/aromatic N) is 4. The number of benzene rings is 2. The summed E-state index contributed by atoms with van der Waals surface area (Å²) in [6.07, 6.45) is 4.77. The zero-order chi connectivity index (χ0) is 23.8. The van der Waals surface area contributed by atoms with Gasteiger partial charge in [0.15, 0.2) is 11.5 Å². The molecule has 0 spiro atoms. The van der Waals surface area contributed by atoms with Crippen LogP contribution in [-0.2, 0) is 14.9 Å². The van der Waals surface area contributed by atoms with Crippen LogP contribution in [0.5, 0.6) is 0 Å². The molecule has 0 radical (unpaired) electrons. The van der Waals surface area contributed by atoms with Gasteiger partial charge in [-0.25, -0.2) is 0 Å². The van der Waals surface area contributed by atoms with Gasteiger partial charge in [0, 0.05) is 41.0 Å². The van der Waals surface area contributed by atoms with Crippen LogP contribution in [0.3, 0.4) is 0 Å². The molecular weight excluding hydrogens is 458 g/mol. The molecule has 4 heterocycles. The van der Waals surface area contributed by atoms with Crippen molar-refractivity contribution >= 4 is 34.2 Å². The summed E-state index contributed by atoms with van der Waals surface area (Å²) >= 11 is 1.67. The van der Waals surface area contributed by atoms with E-state index in [-0.39, 0.29) is 5.91 Å². The van der Waals surface area contributed by atoms with E-state index in [0.717, 1.165) is 43.3 Å². The molecule has 6 rings (SSSR count). The molecule has 2 aromatic carbocycles. The molecule has 1 aliphatic heterocycles. The Kier molecular flexibility index (Phi) is 5.47. The van der Waals surface area contributed by atoms with E-state index in [4.69, 9.17) is 10.5 Å². The summed E-state index contributed by atoms with van der Waals surface area (Å²) in [6.45, 7) is 1.09. The summed E-state index contributed by atoms with van der Waals surface area (Å²) in [4.78, 5) is 18.8. The second-order valence-electron chi connectivity index (χ2n) is 8.70. The van der Waals surface area contributed by atoms with E-state index >= 15 is 0 Å². The zero-order valence-corrected chi connectivity index (χ0v) is 19.7. The third kappa shape index (κ3) is 3.84. The van der Waals surface area contributed by atoms with Crippen LogP contribution in [0.15, 0.2) is 88.9 Å². The lowest BCUT2D eigenvalue weighted by Gasteiger charge is -2.34. The van der Waals surface area contributed by atoms with E-state index in [1.165, 1.54) is 0 Å². The van der Waals surface area contributed by atoms with Crippen LogP contribution >= 0.6 is 11.8 Å². The van der Waals surface area contributed by atoms with Gasteiger partial charge in [-0.1, -0.05) is 23.9 Å². The van der Waals surface area contributed by atoms with E-state index in [9.17, 15) is 4.79 Å². The van der Waals surface area contributed by atoms with Gasteiger partial charge in [0.2, 0.25) is 5.91 Å². The zero-order valence-electron chi connectivity index (χ0n) is 18.9. The predicted molar refractivity (Wildman–Crippen MR) is 135 cm³/mol. The van der Waals surface area contributed by atoms with Crippen LogP contribution in [0, 0.1) is 0 Å². The van der Waals surface area contributed by atoms with Crippen molar-refractivity contribution in [1.29, 1.82) is 0 Å². The number of fused-ring (bicyclic) bond motifs is 3. The first-order valence-corrected chi connectivity index (χ1v) is 12.3. The van der Waals surface area contributed by atoms with Gasteiger partial charge in [-0.3, -0.25) is 14.2 Å². The number of rotatable bonds is 5. The molecule has 0 unspecified atom stereocenters. The highest BCUT2D eigenvalue weighted by atomic mass is 32.2. The number of carbonyl (C=O) groups is 1. The highest BCUT2D eigenvalue weighted by Crippen LogP contribution is 2.38. The van der Waals surface area contributed by atoms with Gasteiger partial charge in [0.1, 0.15) is 0 Å². The average molecular weight is 482 g/mol. The Morgan fingerprint density at radius 2 is 1.83 bits per heavy atom. The molecule has 1 fully saturated rings. The number of carbonyl (C=O) groups excluding carboxylic acids is 1. The Balaban J connectivity index is 1.36. The first kappa shape index (κ1) is 21.8. The number of pyridine rings is 2. The van der Waals surface area contributed by atoms with E-state index in [0.29, 0.717) is 26.1 Å². The average Bonchev–Trinajstić information content (AvgIpc) is 3.34. The quantitative estimate of drug-likeness (QED) is 0.393. The second-order valence-corrected chi connectivity index (χ2v) is 9.85. The number of hydrogen-bond acceptors (Lipinski definition) is 6. The first-order chi connectivity index (χ1) is 17.1. The minimum Gasteiger partial charge on any atom is -0.381 e. The van der Waals surface area contributed by atoms with Crippen molar-refractivity contribution in [2.75, 3.05) is 13.2 Å². The highest BCUT2D eigenvalue weighted by Gasteiger charge is 2.40. The van der Waals surface area contributed by atoms with E-state index < -0.39 is 5.41 Å². The summed E-state index contributed by atoms with van der Waals surface area (Å²) in [5, 5.41) is 9.83. The summed E-state index contributed by atoms with van der Waals surface area (Å²) in [5.41, 5.74) is 8.90. The van der Waals surface area contributed by atoms with Gasteiger partial charge >= 0.3 is 0 Å². The fraction of sp³-hybridized carbons (Fsp3) is 0.185. The molecule has 174 valence electrons. The Hall–Kier alpha value is -3.75. The Morgan fingerprint density at radius 1 is 0.971 bits per heavy atom. The topological polar surface area (TPSA) is 95.4 Å². The monoisotopic (exact) mass is 481 g/mol. The maximum absolute atomic E-state index is 12.5. The smallest absolute Gasteiger partial charge is 0.228 e. The first-order valence-electron chi connectivity index (χ1n) is 11.5. The summed E-state index contributed by atoms with van der Waals surface area (Å²) < 4.78 is 7.56. The second kappa shape index (κ2) is 8.79. The number of primary amides is 1. The van der Waals surface area contributed by atoms with Crippen LogP contribution in [0.4, 0.5) is 0 Å². The molecule has 35 heavy (non-hydrogen) atoms. The molecule has 5 aromatic rings. The molecule has 2 N–H and O–H groups in total. The number of aromatic nitrogens is 4. The van der Waals surface area contributed by atoms with Crippen molar-refractivity contribution in [3.05, 3.63) is 84.7 Å². The van der Waals surface area contributed by atoms with Crippen molar-refractivity contribution in [3.8, 4) is 11.4 Å². The van der Waals surface area contributed by atoms with Gasteiger partial charge < -0.3 is 10.5 Å². The van der Waals surface area contributed by atoms with Crippen LogP contribution in [0.1, 0.15) is 18.4 Å². The largest absolute Gasteiger partial charge is 0.381 e. The third-order valence-electron chi connectivity index (χ3n) is 6.70. The van der Waals surface area contributed by atoms with Crippen LogP contribution in [-0.4, -0.2) is 38.7 Å². The summed E-state index contributed by atoms with van der Waals surface area (Å²) in [6, 6.07) is 22.4. The van der Waals surface area contributed by atoms with Gasteiger partial charge in [0.25, 0.3) is 0 Å². The Morgan fingerprint density at radius 3 is 2.63 bits per heavy atom. The molecule has 0 atom stereocenters. The van der Waals surface area contributed by atoms with Gasteiger partial charge in [0.05, 0.1) is 10.9 Å². The minimum atomic E-state index is -0.666. The summed E-state index contributed by atoms with van der Waals surface area (Å²) in [5.74, 6) is 0.482. The van der Waals surface area contributed by atoms with E-state index in [1.807, 2.05) is 30.3 Å². The van der Waals surface area contributed by atoms with Crippen LogP contribution in [0.2, 0.25) is 0 Å². The molecule has 1 amide bonds. The fourth-order valence-corrected chi connectivity index (χ4v) is 5.74. The van der Waals surface area contributed by atoms with E-state index in [1.54, 1.807) is 24.2 Å². The normalized spacial score (nSPS) is 15.4. The fourth-order valence-electron chi connectivity index (χ4n) is 4.81. The molecule has 0 bridgehead atoms. The lowest BCUT2D eigenvalue weighted by Crippen LogP contribution is -2.45. The highest BCUT2D eigenvalue weighted by molar-refractivity contribution is 7.99. The molecular formula is C27H23N5O2S. The van der Waals surface area contributed by atoms with Crippen molar-refractivity contribution in [1.82, 2.24) is 19.6 Å². The summed E-state index contributed by atoms with van der Waals surface area (Å²) in [7, 11) is 0. The maximum atomic E-state index is 12.5. The van der Waals surface area contributed by atoms with Crippen molar-refractivity contribution in [2.45, 2.75) is 28.0 Å². The number of amides is 1. The standard InChI is InChI=1S/C27H23N5O2S/c28-26(33)27(10-13-34-14-11-27)20-4-1-5-21(16-20)35-22-7-8-23-18(15-22)6-9-24-30-31-25(32(23)24)19-3-2-12-29-17-19/h1-9,12,15-17H,10-11,13-14H2,(H2,28,33). The number of nitrogens with two attached hydrogens (primary N) is 1. The molecule has 0 saturated carbocycles. The molecule has 7 nitrogen and oxygen atoms in total. The lowest BCUT2D eigenvalue weighted by atomic mass is 9.73. The third-order valence-corrected chi connectivity index (χ3v) is 7.68. The predicted octanol–water partition coefficient (Wildman–Crippen LogP) is 4.63. The number of hydrogen-bond donors (Lipinski definition) is 1. The Bertz CT molecular complexity index is 1540. The maximum Gasteiger partial charge on any atom is 0.228 e. The van der Waals surface area contributed by atoms with Gasteiger partial charge in [-0.2, -0.15) is 0 Å². The van der Waals surface area contributed by atoms with Crippen molar-refractivity contribution < 1.29 is 9.53 Å². The number of ether oxygens (including phenoxy) is 1. The minimum absolute atomic E-state index is 0.281. The van der Waals surface area contributed by atoms with Crippen molar-refractivity contribution in [3.63, 3.8) is 0 Å². The van der Waals surface area contributed by atoms with E-state index in [2.05, 4.69) is 56.0 Å². The molecule has 1 saturated heterocycles. The van der Waals surface area contributed by atoms with Gasteiger partial charge in [-0.15, -0.1) is 10.2 Å². The molecule has 1 aliphatic rings. The lowest BCUT2D eigenvalue weighted by molar-refractivity contribution is -0.127. The SMILES string of the molecule is NC(=O)C1(c2cccc(Sc3ccc4c(ccc5nnc(-c6cccnc6)n54)c3)c2)CCOCC1. The van der Waals surface area contributed by atoms with Crippen LogP contribution < -0.4 is 5.73 Å². The molecule has 3 aromatic heterocycles. The molecule has 0 aliphatic carbocycles. The van der Waals surface area contributed by atoms with Crippen LogP contribution in [0.25, 0.3) is 27.9 Å². The Labute approximate surface area is 206 Å².